The molecule has 0 radical (unpaired) electrons. The monoisotopic (exact) mass is 490 g/mol. The molecule has 1 atom stereocenters. The Hall–Kier alpha value is -3.06. The molecule has 1 aliphatic heterocycles. The largest absolute Gasteiger partial charge is 0.463 e. The van der Waals surface area contributed by atoms with Crippen LogP contribution < -0.4 is 5.32 Å². The van der Waals surface area contributed by atoms with Crippen molar-refractivity contribution in [2.75, 3.05) is 20.1 Å². The number of nitrogens with one attached hydrogen (secondary N) is 1. The summed E-state index contributed by atoms with van der Waals surface area (Å²) in [7, 11) is 2.10. The first-order valence-corrected chi connectivity index (χ1v) is 13.4. The van der Waals surface area contributed by atoms with E-state index in [9.17, 15) is 9.59 Å². The van der Waals surface area contributed by atoms with Crippen LogP contribution in [0.1, 0.15) is 67.9 Å². The summed E-state index contributed by atoms with van der Waals surface area (Å²) in [5, 5.41) is 3.34. The van der Waals surface area contributed by atoms with Crippen molar-refractivity contribution in [2.45, 2.75) is 76.5 Å². The molecule has 7 nitrogen and oxygen atoms in total. The molecule has 192 valence electrons. The average molecular weight is 491 g/mol. The first-order valence-electron chi connectivity index (χ1n) is 13.4. The Morgan fingerprint density at radius 1 is 1.14 bits per heavy atom. The fraction of sp³-hybridized carbons (Fsp3) is 0.517. The van der Waals surface area contributed by atoms with Gasteiger partial charge in [-0.2, -0.15) is 0 Å². The van der Waals surface area contributed by atoms with Crippen LogP contribution in [-0.4, -0.2) is 57.9 Å². The van der Waals surface area contributed by atoms with Gasteiger partial charge in [0.05, 0.1) is 18.3 Å². The molecule has 1 N–H and O–H groups in total. The van der Waals surface area contributed by atoms with Crippen molar-refractivity contribution in [3.8, 4) is 0 Å². The van der Waals surface area contributed by atoms with Crippen LogP contribution >= 0.6 is 0 Å². The van der Waals surface area contributed by atoms with Gasteiger partial charge < -0.3 is 24.1 Å². The summed E-state index contributed by atoms with van der Waals surface area (Å²) in [5.74, 6) is -0.145. The van der Waals surface area contributed by atoms with Crippen molar-refractivity contribution < 1.29 is 14.0 Å². The van der Waals surface area contributed by atoms with E-state index in [2.05, 4.69) is 41.5 Å². The van der Waals surface area contributed by atoms with Crippen molar-refractivity contribution in [1.29, 1.82) is 0 Å². The molecule has 5 rings (SSSR count). The molecule has 1 fully saturated rings. The summed E-state index contributed by atoms with van der Waals surface area (Å²) in [6, 6.07) is 14.3. The standard InChI is InChI=1S/C29H38N4O3/c1-29(28(35)30-23-13-8-3-4-9-14-23)21-32-24-15-18-36-26(24)19-25(32)27(34)33(29)17-10-16-31(2)20-22-11-6-5-7-12-22/h5-7,11-12,15,18-19,23H,3-4,8-10,13-14,16-17,20-21H2,1-2H3,(H,30,35)/t29-/m0/s1. The molecular weight excluding hydrogens is 452 g/mol. The zero-order valence-corrected chi connectivity index (χ0v) is 21.5. The molecule has 1 aromatic carbocycles. The third-order valence-electron chi connectivity index (χ3n) is 7.95. The number of carbonyl (C=O) groups is 2. The maximum absolute atomic E-state index is 13.8. The van der Waals surface area contributed by atoms with Gasteiger partial charge in [0.25, 0.3) is 5.91 Å². The topological polar surface area (TPSA) is 70.7 Å². The molecule has 0 unspecified atom stereocenters. The first-order chi connectivity index (χ1) is 17.5. The highest BCUT2D eigenvalue weighted by atomic mass is 16.3. The molecule has 3 aromatic rings. The van der Waals surface area contributed by atoms with E-state index in [0.29, 0.717) is 24.4 Å². The lowest BCUT2D eigenvalue weighted by atomic mass is 9.93. The number of carbonyl (C=O) groups excluding carboxylic acids is 2. The van der Waals surface area contributed by atoms with Gasteiger partial charge in [0.15, 0.2) is 5.58 Å². The summed E-state index contributed by atoms with van der Waals surface area (Å²) in [6.45, 7) is 4.57. The number of amides is 2. The van der Waals surface area contributed by atoms with Crippen molar-refractivity contribution >= 4 is 22.9 Å². The van der Waals surface area contributed by atoms with E-state index >= 15 is 0 Å². The Balaban J connectivity index is 1.34. The van der Waals surface area contributed by atoms with Gasteiger partial charge in [0, 0.05) is 31.3 Å². The highest BCUT2D eigenvalue weighted by Crippen LogP contribution is 2.33. The molecule has 1 saturated carbocycles. The van der Waals surface area contributed by atoms with Crippen molar-refractivity contribution in [3.05, 3.63) is 60.0 Å². The van der Waals surface area contributed by atoms with E-state index in [0.717, 1.165) is 50.7 Å². The predicted octanol–water partition coefficient (Wildman–Crippen LogP) is 4.81. The minimum atomic E-state index is -0.961. The third-order valence-corrected chi connectivity index (χ3v) is 7.95. The maximum atomic E-state index is 13.8. The van der Waals surface area contributed by atoms with Gasteiger partial charge in [0.2, 0.25) is 5.91 Å². The van der Waals surface area contributed by atoms with Crippen LogP contribution in [0.4, 0.5) is 0 Å². The van der Waals surface area contributed by atoms with Gasteiger partial charge in [-0.05, 0) is 45.3 Å². The van der Waals surface area contributed by atoms with E-state index in [1.165, 1.54) is 18.4 Å². The highest BCUT2D eigenvalue weighted by molar-refractivity contribution is 6.02. The van der Waals surface area contributed by atoms with Crippen molar-refractivity contribution in [2.24, 2.45) is 0 Å². The normalized spacial score (nSPS) is 21.1. The molecule has 1 aliphatic carbocycles. The van der Waals surface area contributed by atoms with E-state index in [1.807, 2.05) is 34.6 Å². The fourth-order valence-corrected chi connectivity index (χ4v) is 5.86. The van der Waals surface area contributed by atoms with E-state index in [4.69, 9.17) is 4.42 Å². The number of rotatable bonds is 8. The fourth-order valence-electron chi connectivity index (χ4n) is 5.86. The lowest BCUT2D eigenvalue weighted by Gasteiger charge is -2.44. The summed E-state index contributed by atoms with van der Waals surface area (Å²) < 4.78 is 7.55. The van der Waals surface area contributed by atoms with Crippen molar-refractivity contribution in [1.82, 2.24) is 19.7 Å². The van der Waals surface area contributed by atoms with Gasteiger partial charge in [-0.15, -0.1) is 0 Å². The highest BCUT2D eigenvalue weighted by Gasteiger charge is 2.48. The number of nitrogens with zero attached hydrogens (tertiary/aromatic N) is 3. The number of benzene rings is 1. The van der Waals surface area contributed by atoms with Crippen LogP contribution in [0, 0.1) is 0 Å². The van der Waals surface area contributed by atoms with Crippen LogP contribution in [0.3, 0.4) is 0 Å². The lowest BCUT2D eigenvalue weighted by Crippen LogP contribution is -2.65. The van der Waals surface area contributed by atoms with Gasteiger partial charge in [0.1, 0.15) is 11.2 Å². The van der Waals surface area contributed by atoms with E-state index in [1.54, 1.807) is 6.26 Å². The second-order valence-electron chi connectivity index (χ2n) is 10.8. The van der Waals surface area contributed by atoms with Gasteiger partial charge in [-0.25, -0.2) is 0 Å². The smallest absolute Gasteiger partial charge is 0.271 e. The van der Waals surface area contributed by atoms with Gasteiger partial charge in [-0.1, -0.05) is 56.0 Å². The molecule has 0 bridgehead atoms. The Morgan fingerprint density at radius 2 is 1.89 bits per heavy atom. The minimum absolute atomic E-state index is 0.0450. The van der Waals surface area contributed by atoms with Crippen LogP contribution in [0.2, 0.25) is 0 Å². The third kappa shape index (κ3) is 4.94. The van der Waals surface area contributed by atoms with Crippen LogP contribution in [0.5, 0.6) is 0 Å². The summed E-state index contributed by atoms with van der Waals surface area (Å²) in [5.41, 5.74) is 2.46. The number of furan rings is 1. The summed E-state index contributed by atoms with van der Waals surface area (Å²) in [4.78, 5) is 31.7. The Morgan fingerprint density at radius 3 is 2.64 bits per heavy atom. The second-order valence-corrected chi connectivity index (χ2v) is 10.8. The van der Waals surface area contributed by atoms with Crippen LogP contribution in [-0.2, 0) is 17.9 Å². The molecule has 7 heteroatoms. The lowest BCUT2D eigenvalue weighted by molar-refractivity contribution is -0.133. The Bertz CT molecular complexity index is 1190. The summed E-state index contributed by atoms with van der Waals surface area (Å²) in [6.07, 6.45) is 9.22. The second kappa shape index (κ2) is 10.5. The molecular formula is C29H38N4O3. The SMILES string of the molecule is CN(CCCN1C(=O)c2cc3occc3n2C[C@@]1(C)C(=O)NC1CCCCCC1)Cc1ccccc1. The van der Waals surface area contributed by atoms with E-state index < -0.39 is 5.54 Å². The molecule has 3 heterocycles. The average Bonchev–Trinajstić information content (AvgIpc) is 3.36. The van der Waals surface area contributed by atoms with Crippen LogP contribution in [0.15, 0.2) is 53.1 Å². The Labute approximate surface area is 213 Å². The molecule has 2 aliphatic rings. The number of aromatic nitrogens is 1. The molecule has 2 amide bonds. The molecule has 0 spiro atoms. The number of hydrogen-bond donors (Lipinski definition) is 1. The number of hydrogen-bond acceptors (Lipinski definition) is 4. The van der Waals surface area contributed by atoms with E-state index in [-0.39, 0.29) is 17.9 Å². The van der Waals surface area contributed by atoms with Crippen LogP contribution in [0.25, 0.3) is 11.1 Å². The zero-order valence-electron chi connectivity index (χ0n) is 21.5. The minimum Gasteiger partial charge on any atom is -0.463 e. The zero-order chi connectivity index (χ0) is 25.1. The molecule has 2 aromatic heterocycles. The number of fused-ring (bicyclic) bond motifs is 3. The maximum Gasteiger partial charge on any atom is 0.271 e. The van der Waals surface area contributed by atoms with Gasteiger partial charge in [-0.3, -0.25) is 9.59 Å². The predicted molar refractivity (Wildman–Crippen MR) is 141 cm³/mol. The summed E-state index contributed by atoms with van der Waals surface area (Å²) >= 11 is 0. The van der Waals surface area contributed by atoms with Crippen molar-refractivity contribution in [3.63, 3.8) is 0 Å². The van der Waals surface area contributed by atoms with Gasteiger partial charge >= 0.3 is 0 Å². The molecule has 36 heavy (non-hydrogen) atoms. The molecule has 0 saturated heterocycles. The quantitative estimate of drug-likeness (QED) is 0.460. The Kier molecular flexibility index (Phi) is 7.19. The first kappa shape index (κ1) is 24.6.